The lowest BCUT2D eigenvalue weighted by molar-refractivity contribution is 0.101. The van der Waals surface area contributed by atoms with Gasteiger partial charge in [0.15, 0.2) is 5.76 Å². The van der Waals surface area contributed by atoms with Crippen LogP contribution >= 0.6 is 0 Å². The van der Waals surface area contributed by atoms with Gasteiger partial charge in [-0.1, -0.05) is 36.4 Å². The highest BCUT2D eigenvalue weighted by atomic mass is 16.5. The molecule has 0 atom stereocenters. The molecular weight excluding hydrogens is 288 g/mol. The molecule has 1 heterocycles. The predicted molar refractivity (Wildman–Crippen MR) is 88.0 cm³/mol. The zero-order valence-electron chi connectivity index (χ0n) is 12.8. The minimum atomic E-state index is -0.0736. The van der Waals surface area contributed by atoms with E-state index in [-0.39, 0.29) is 5.78 Å². The van der Waals surface area contributed by atoms with E-state index in [1.165, 1.54) is 5.56 Å². The normalized spacial score (nSPS) is 12.4. The Kier molecular flexibility index (Phi) is 3.27. The molecule has 4 rings (SSSR count). The van der Waals surface area contributed by atoms with Gasteiger partial charge in [0.05, 0.1) is 13.4 Å². The monoisotopic (exact) mass is 304 g/mol. The van der Waals surface area contributed by atoms with Crippen LogP contribution in [-0.2, 0) is 12.8 Å². The van der Waals surface area contributed by atoms with E-state index in [9.17, 15) is 4.79 Å². The van der Waals surface area contributed by atoms with Crippen molar-refractivity contribution in [3.05, 3.63) is 77.2 Å². The second kappa shape index (κ2) is 5.43. The summed E-state index contributed by atoms with van der Waals surface area (Å²) in [6.07, 6.45) is 3.53. The van der Waals surface area contributed by atoms with Gasteiger partial charge in [0, 0.05) is 11.1 Å². The van der Waals surface area contributed by atoms with E-state index in [4.69, 9.17) is 9.15 Å². The Balaban J connectivity index is 1.84. The van der Waals surface area contributed by atoms with E-state index in [2.05, 4.69) is 0 Å². The first-order chi connectivity index (χ1) is 11.3. The van der Waals surface area contributed by atoms with Crippen LogP contribution in [0.4, 0.5) is 0 Å². The summed E-state index contributed by atoms with van der Waals surface area (Å²) in [5.41, 5.74) is 4.94. The molecule has 0 spiro atoms. The van der Waals surface area contributed by atoms with Gasteiger partial charge in [-0.2, -0.15) is 0 Å². The first kappa shape index (κ1) is 13.8. The van der Waals surface area contributed by atoms with Crippen LogP contribution in [0, 0.1) is 0 Å². The van der Waals surface area contributed by atoms with Crippen molar-refractivity contribution >= 4 is 5.78 Å². The van der Waals surface area contributed by atoms with Crippen LogP contribution in [0.1, 0.15) is 27.2 Å². The van der Waals surface area contributed by atoms with Gasteiger partial charge in [-0.25, -0.2) is 0 Å². The highest BCUT2D eigenvalue weighted by molar-refractivity contribution is 6.11. The van der Waals surface area contributed by atoms with Crippen LogP contribution in [0.15, 0.2) is 59.2 Å². The zero-order chi connectivity index (χ0) is 15.8. The van der Waals surface area contributed by atoms with Gasteiger partial charge in [-0.05, 0) is 41.7 Å². The molecule has 3 nitrogen and oxygen atoms in total. The van der Waals surface area contributed by atoms with Crippen LogP contribution in [0.3, 0.4) is 0 Å². The molecule has 23 heavy (non-hydrogen) atoms. The smallest absolute Gasteiger partial charge is 0.228 e. The lowest BCUT2D eigenvalue weighted by Gasteiger charge is -2.17. The summed E-state index contributed by atoms with van der Waals surface area (Å²) in [4.78, 5) is 12.8. The molecule has 0 fully saturated rings. The maximum absolute atomic E-state index is 12.8. The van der Waals surface area contributed by atoms with E-state index in [0.717, 1.165) is 35.3 Å². The first-order valence-corrected chi connectivity index (χ1v) is 7.65. The van der Waals surface area contributed by atoms with Crippen LogP contribution in [0.5, 0.6) is 5.75 Å². The van der Waals surface area contributed by atoms with Gasteiger partial charge in [0.1, 0.15) is 5.75 Å². The highest BCUT2D eigenvalue weighted by Crippen LogP contribution is 2.39. The number of carbonyl (C=O) groups is 1. The topological polar surface area (TPSA) is 39.4 Å². The molecular formula is C20H16O3. The number of carbonyl (C=O) groups excluding carboxylic acids is 1. The van der Waals surface area contributed by atoms with Crippen LogP contribution in [0.2, 0.25) is 0 Å². The van der Waals surface area contributed by atoms with Crippen molar-refractivity contribution in [3.63, 3.8) is 0 Å². The number of ether oxygens (including phenoxy) is 1. The van der Waals surface area contributed by atoms with Gasteiger partial charge in [0.2, 0.25) is 5.78 Å². The van der Waals surface area contributed by atoms with E-state index < -0.39 is 0 Å². The number of fused-ring (bicyclic) bond motifs is 3. The number of rotatable bonds is 3. The Morgan fingerprint density at radius 2 is 1.83 bits per heavy atom. The number of methoxy groups -OCH3 is 1. The molecule has 1 aliphatic rings. The maximum Gasteiger partial charge on any atom is 0.228 e. The standard InChI is InChI=1S/C20H16O3/c1-22-16-9-10-17-14(11-16)7-8-15-12-23-20(18(15)17)19(21)13-5-3-2-4-6-13/h2-6,9-12H,7-8H2,1H3. The van der Waals surface area contributed by atoms with Crippen molar-refractivity contribution in [2.45, 2.75) is 12.8 Å². The number of hydrogen-bond donors (Lipinski definition) is 0. The average Bonchev–Trinajstić information content (AvgIpc) is 3.05. The third-order valence-corrected chi connectivity index (χ3v) is 4.35. The van der Waals surface area contributed by atoms with Gasteiger partial charge in [-0.3, -0.25) is 4.79 Å². The lowest BCUT2D eigenvalue weighted by atomic mass is 9.85. The number of furan rings is 1. The molecule has 3 heteroatoms. The summed E-state index contributed by atoms with van der Waals surface area (Å²) < 4.78 is 11.0. The zero-order valence-corrected chi connectivity index (χ0v) is 12.8. The maximum atomic E-state index is 12.8. The van der Waals surface area contributed by atoms with Gasteiger partial charge in [0.25, 0.3) is 0 Å². The molecule has 0 saturated heterocycles. The van der Waals surface area contributed by atoms with Crippen molar-refractivity contribution in [2.75, 3.05) is 7.11 Å². The van der Waals surface area contributed by atoms with E-state index in [0.29, 0.717) is 11.3 Å². The average molecular weight is 304 g/mol. The molecule has 0 aliphatic heterocycles. The lowest BCUT2D eigenvalue weighted by Crippen LogP contribution is -2.07. The summed E-state index contributed by atoms with van der Waals surface area (Å²) in [7, 11) is 1.66. The van der Waals surface area contributed by atoms with E-state index in [1.807, 2.05) is 48.5 Å². The second-order valence-electron chi connectivity index (χ2n) is 5.68. The molecule has 1 aromatic heterocycles. The third-order valence-electron chi connectivity index (χ3n) is 4.35. The van der Waals surface area contributed by atoms with Crippen molar-refractivity contribution in [1.82, 2.24) is 0 Å². The fourth-order valence-corrected chi connectivity index (χ4v) is 3.18. The molecule has 3 aromatic rings. The SMILES string of the molecule is COc1ccc2c(c1)CCc1coc(C(=O)c3ccccc3)c1-2. The Labute approximate surface area is 134 Å². The number of benzene rings is 2. The molecule has 114 valence electrons. The number of ketones is 1. The molecule has 0 unspecified atom stereocenters. The van der Waals surface area contributed by atoms with Crippen LogP contribution in [0.25, 0.3) is 11.1 Å². The Morgan fingerprint density at radius 1 is 1.04 bits per heavy atom. The summed E-state index contributed by atoms with van der Waals surface area (Å²) in [5.74, 6) is 1.19. The Morgan fingerprint density at radius 3 is 2.61 bits per heavy atom. The van der Waals surface area contributed by atoms with Crippen molar-refractivity contribution in [2.24, 2.45) is 0 Å². The van der Waals surface area contributed by atoms with Crippen LogP contribution < -0.4 is 4.74 Å². The van der Waals surface area contributed by atoms with Crippen molar-refractivity contribution in [1.29, 1.82) is 0 Å². The Hall–Kier alpha value is -2.81. The fourth-order valence-electron chi connectivity index (χ4n) is 3.18. The summed E-state index contributed by atoms with van der Waals surface area (Å²) in [6, 6.07) is 15.2. The van der Waals surface area contributed by atoms with E-state index in [1.54, 1.807) is 13.4 Å². The van der Waals surface area contributed by atoms with Crippen molar-refractivity contribution < 1.29 is 13.9 Å². The van der Waals surface area contributed by atoms with Crippen molar-refractivity contribution in [3.8, 4) is 16.9 Å². The molecule has 0 bridgehead atoms. The third kappa shape index (κ3) is 2.25. The van der Waals surface area contributed by atoms with Crippen LogP contribution in [-0.4, -0.2) is 12.9 Å². The highest BCUT2D eigenvalue weighted by Gasteiger charge is 2.27. The minimum absolute atomic E-state index is 0.0736. The van der Waals surface area contributed by atoms with Gasteiger partial charge < -0.3 is 9.15 Å². The molecule has 0 radical (unpaired) electrons. The van der Waals surface area contributed by atoms with E-state index >= 15 is 0 Å². The first-order valence-electron chi connectivity index (χ1n) is 7.65. The fraction of sp³-hybridized carbons (Fsp3) is 0.150. The quantitative estimate of drug-likeness (QED) is 0.678. The summed E-state index contributed by atoms with van der Waals surface area (Å²) in [5, 5.41) is 0. The second-order valence-corrected chi connectivity index (χ2v) is 5.68. The largest absolute Gasteiger partial charge is 0.497 e. The molecule has 1 aliphatic carbocycles. The molecule has 0 N–H and O–H groups in total. The Bertz CT molecular complexity index is 875. The van der Waals surface area contributed by atoms with Gasteiger partial charge >= 0.3 is 0 Å². The molecule has 0 amide bonds. The molecule has 0 saturated carbocycles. The van der Waals surface area contributed by atoms with Gasteiger partial charge in [-0.15, -0.1) is 0 Å². The molecule has 2 aromatic carbocycles. The summed E-state index contributed by atoms with van der Waals surface area (Å²) in [6.45, 7) is 0. The number of hydrogen-bond acceptors (Lipinski definition) is 3. The minimum Gasteiger partial charge on any atom is -0.497 e. The predicted octanol–water partition coefficient (Wildman–Crippen LogP) is 4.28. The number of aryl methyl sites for hydroxylation is 2. The summed E-state index contributed by atoms with van der Waals surface area (Å²) >= 11 is 0.